The zero-order valence-corrected chi connectivity index (χ0v) is 11.6. The lowest BCUT2D eigenvalue weighted by Gasteiger charge is -2.14. The monoisotopic (exact) mass is 259 g/mol. The fourth-order valence-corrected chi connectivity index (χ4v) is 2.26. The molecule has 0 unspecified atom stereocenters. The van der Waals surface area contributed by atoms with Gasteiger partial charge in [-0.2, -0.15) is 0 Å². The summed E-state index contributed by atoms with van der Waals surface area (Å²) < 4.78 is 0. The molecule has 0 aliphatic carbocycles. The van der Waals surface area contributed by atoms with E-state index in [0.717, 1.165) is 37.3 Å². The van der Waals surface area contributed by atoms with Gasteiger partial charge in [0.2, 0.25) is 0 Å². The van der Waals surface area contributed by atoms with Gasteiger partial charge in [-0.15, -0.1) is 0 Å². The van der Waals surface area contributed by atoms with Gasteiger partial charge in [0.15, 0.2) is 0 Å². The molecule has 0 bridgehead atoms. The van der Waals surface area contributed by atoms with Crippen LogP contribution in [0.4, 0.5) is 0 Å². The van der Waals surface area contributed by atoms with Crippen LogP contribution in [0, 0.1) is 13.8 Å². The first kappa shape index (κ1) is 13.7. The number of aryl methyl sites for hydroxylation is 2. The minimum Gasteiger partial charge on any atom is -0.352 e. The molecule has 0 fully saturated rings. The van der Waals surface area contributed by atoms with Crippen molar-refractivity contribution in [3.63, 3.8) is 0 Å². The zero-order chi connectivity index (χ0) is 13.7. The number of rotatable bonds is 4. The number of aromatic nitrogens is 1. The lowest BCUT2D eigenvalue weighted by Crippen LogP contribution is -2.27. The van der Waals surface area contributed by atoms with Crippen molar-refractivity contribution in [2.45, 2.75) is 26.7 Å². The van der Waals surface area contributed by atoms with Crippen molar-refractivity contribution in [1.29, 1.82) is 0 Å². The molecule has 19 heavy (non-hydrogen) atoms. The molecule has 2 rings (SSSR count). The Morgan fingerprint density at radius 1 is 1.42 bits per heavy atom. The van der Waals surface area contributed by atoms with Gasteiger partial charge in [-0.25, -0.2) is 0 Å². The molecule has 0 saturated heterocycles. The number of carbonyl (C=O) groups excluding carboxylic acids is 1. The van der Waals surface area contributed by atoms with Gasteiger partial charge in [0, 0.05) is 18.8 Å². The van der Waals surface area contributed by atoms with E-state index in [9.17, 15) is 4.79 Å². The smallest absolute Gasteiger partial charge is 0.253 e. The average Bonchev–Trinajstić information content (AvgIpc) is 2.39. The molecule has 0 radical (unpaired) electrons. The van der Waals surface area contributed by atoms with Crippen molar-refractivity contribution < 1.29 is 4.79 Å². The van der Waals surface area contributed by atoms with E-state index in [2.05, 4.69) is 21.7 Å². The highest BCUT2D eigenvalue weighted by molar-refractivity contribution is 5.95. The van der Waals surface area contributed by atoms with E-state index in [0.29, 0.717) is 12.1 Å². The molecule has 2 N–H and O–H groups in total. The van der Waals surface area contributed by atoms with Crippen molar-refractivity contribution in [2.24, 2.45) is 0 Å². The summed E-state index contributed by atoms with van der Waals surface area (Å²) in [6.45, 7) is 6.48. The van der Waals surface area contributed by atoms with Crippen LogP contribution in [0.2, 0.25) is 0 Å². The van der Waals surface area contributed by atoms with Crippen LogP contribution in [0.1, 0.15) is 34.6 Å². The summed E-state index contributed by atoms with van der Waals surface area (Å²) in [6.07, 6.45) is 4.24. The Bertz CT molecular complexity index is 494. The Morgan fingerprint density at radius 3 is 2.95 bits per heavy atom. The fraction of sp³-hybridized carbons (Fsp3) is 0.467. The van der Waals surface area contributed by atoms with Crippen LogP contribution < -0.4 is 10.6 Å². The van der Waals surface area contributed by atoms with E-state index >= 15 is 0 Å². The summed E-state index contributed by atoms with van der Waals surface area (Å²) in [6, 6.07) is 3.72. The molecular weight excluding hydrogens is 238 g/mol. The number of pyridine rings is 1. The quantitative estimate of drug-likeness (QED) is 0.810. The number of hydrogen-bond donors (Lipinski definition) is 2. The van der Waals surface area contributed by atoms with Crippen LogP contribution in [0.5, 0.6) is 0 Å². The maximum absolute atomic E-state index is 12.0. The van der Waals surface area contributed by atoms with Gasteiger partial charge in [-0.3, -0.25) is 9.78 Å². The van der Waals surface area contributed by atoms with Crippen molar-refractivity contribution in [2.75, 3.05) is 19.6 Å². The first-order valence-corrected chi connectivity index (χ1v) is 6.78. The van der Waals surface area contributed by atoms with Gasteiger partial charge in [0.25, 0.3) is 5.91 Å². The first-order chi connectivity index (χ1) is 9.16. The van der Waals surface area contributed by atoms with Crippen LogP contribution in [-0.4, -0.2) is 30.5 Å². The number of nitrogens with one attached hydrogen (secondary N) is 2. The summed E-state index contributed by atoms with van der Waals surface area (Å²) in [5.74, 6) is -0.0282. The van der Waals surface area contributed by atoms with Crippen LogP contribution in [-0.2, 0) is 0 Å². The Kier molecular flexibility index (Phi) is 4.68. The van der Waals surface area contributed by atoms with Gasteiger partial charge >= 0.3 is 0 Å². The minimum atomic E-state index is -0.0282. The SMILES string of the molecule is Cc1ccc(C(=O)NCCC2=CCNCC2)c(C)n1. The predicted octanol–water partition coefficient (Wildman–Crippen LogP) is 1.74. The maximum atomic E-state index is 12.0. The Balaban J connectivity index is 1.85. The third-order valence-corrected chi connectivity index (χ3v) is 3.36. The molecule has 1 aromatic rings. The number of hydrogen-bond acceptors (Lipinski definition) is 3. The Morgan fingerprint density at radius 2 is 2.26 bits per heavy atom. The molecule has 0 saturated carbocycles. The summed E-state index contributed by atoms with van der Waals surface area (Å²) in [7, 11) is 0. The van der Waals surface area contributed by atoms with Gasteiger partial charge in [0.05, 0.1) is 11.3 Å². The third kappa shape index (κ3) is 3.89. The van der Waals surface area contributed by atoms with E-state index in [4.69, 9.17) is 0 Å². The van der Waals surface area contributed by atoms with Gasteiger partial charge in [-0.05, 0) is 45.4 Å². The van der Waals surface area contributed by atoms with Crippen LogP contribution in [0.25, 0.3) is 0 Å². The Labute approximate surface area is 114 Å². The molecular formula is C15H21N3O. The molecule has 102 valence electrons. The summed E-state index contributed by atoms with van der Waals surface area (Å²) >= 11 is 0. The summed E-state index contributed by atoms with van der Waals surface area (Å²) in [5.41, 5.74) is 3.83. The topological polar surface area (TPSA) is 54.0 Å². The second-order valence-corrected chi connectivity index (χ2v) is 4.91. The van der Waals surface area contributed by atoms with Crippen LogP contribution >= 0.6 is 0 Å². The van der Waals surface area contributed by atoms with Gasteiger partial charge in [0.1, 0.15) is 0 Å². The molecule has 0 spiro atoms. The molecule has 1 aromatic heterocycles. The van der Waals surface area contributed by atoms with E-state index < -0.39 is 0 Å². The van der Waals surface area contributed by atoms with Crippen LogP contribution in [0.15, 0.2) is 23.8 Å². The Hall–Kier alpha value is -1.68. The highest BCUT2D eigenvalue weighted by atomic mass is 16.1. The molecule has 1 aliphatic rings. The summed E-state index contributed by atoms with van der Waals surface area (Å²) in [5, 5.41) is 6.25. The number of nitrogens with zero attached hydrogens (tertiary/aromatic N) is 1. The van der Waals surface area contributed by atoms with E-state index in [1.807, 2.05) is 26.0 Å². The molecule has 1 amide bonds. The largest absolute Gasteiger partial charge is 0.352 e. The molecule has 4 heteroatoms. The predicted molar refractivity (Wildman–Crippen MR) is 76.2 cm³/mol. The molecule has 0 atom stereocenters. The van der Waals surface area contributed by atoms with Crippen molar-refractivity contribution in [1.82, 2.24) is 15.6 Å². The summed E-state index contributed by atoms with van der Waals surface area (Å²) in [4.78, 5) is 16.3. The van der Waals surface area contributed by atoms with Gasteiger partial charge in [-0.1, -0.05) is 11.6 Å². The fourth-order valence-electron chi connectivity index (χ4n) is 2.26. The number of carbonyl (C=O) groups is 1. The third-order valence-electron chi connectivity index (χ3n) is 3.36. The molecule has 1 aliphatic heterocycles. The van der Waals surface area contributed by atoms with Crippen molar-refractivity contribution >= 4 is 5.91 Å². The number of amides is 1. The highest BCUT2D eigenvalue weighted by Gasteiger charge is 2.10. The average molecular weight is 259 g/mol. The normalized spacial score (nSPS) is 14.9. The molecule has 4 nitrogen and oxygen atoms in total. The maximum Gasteiger partial charge on any atom is 0.253 e. The molecule has 0 aromatic carbocycles. The lowest BCUT2D eigenvalue weighted by atomic mass is 10.1. The van der Waals surface area contributed by atoms with Crippen molar-refractivity contribution in [3.05, 3.63) is 40.7 Å². The first-order valence-electron chi connectivity index (χ1n) is 6.78. The highest BCUT2D eigenvalue weighted by Crippen LogP contribution is 2.09. The minimum absolute atomic E-state index is 0.0282. The van der Waals surface area contributed by atoms with E-state index in [1.165, 1.54) is 5.57 Å². The van der Waals surface area contributed by atoms with E-state index in [-0.39, 0.29) is 5.91 Å². The zero-order valence-electron chi connectivity index (χ0n) is 11.6. The molecule has 2 heterocycles. The second kappa shape index (κ2) is 6.48. The van der Waals surface area contributed by atoms with Crippen LogP contribution in [0.3, 0.4) is 0 Å². The standard InChI is InChI=1S/C15H21N3O/c1-11-3-4-14(12(2)18-11)15(19)17-10-7-13-5-8-16-9-6-13/h3-5,16H,6-10H2,1-2H3,(H,17,19). The van der Waals surface area contributed by atoms with Crippen molar-refractivity contribution in [3.8, 4) is 0 Å². The lowest BCUT2D eigenvalue weighted by molar-refractivity contribution is 0.0953. The van der Waals surface area contributed by atoms with Gasteiger partial charge < -0.3 is 10.6 Å². The second-order valence-electron chi connectivity index (χ2n) is 4.91. The van der Waals surface area contributed by atoms with E-state index in [1.54, 1.807) is 0 Å².